The number of para-hydroxylation sites is 1. The first kappa shape index (κ1) is 15.1. The third-order valence-electron chi connectivity index (χ3n) is 3.82. The van der Waals surface area contributed by atoms with Crippen molar-refractivity contribution in [3.63, 3.8) is 0 Å². The molecule has 2 N–H and O–H groups in total. The number of rotatable bonds is 6. The number of hydrogen-bond acceptors (Lipinski definition) is 5. The van der Waals surface area contributed by atoms with E-state index in [-0.39, 0.29) is 5.75 Å². The highest BCUT2D eigenvalue weighted by Gasteiger charge is 2.13. The number of ether oxygens (including phenoxy) is 1. The molecule has 20 heavy (non-hydrogen) atoms. The summed E-state index contributed by atoms with van der Waals surface area (Å²) in [6.45, 7) is 7.23. The van der Waals surface area contributed by atoms with E-state index in [4.69, 9.17) is 4.74 Å². The van der Waals surface area contributed by atoms with E-state index in [1.165, 1.54) is 0 Å². The number of hydrogen-bond donors (Lipinski definition) is 2. The highest BCUT2D eigenvalue weighted by molar-refractivity contribution is 5.45. The van der Waals surface area contributed by atoms with Gasteiger partial charge in [0.25, 0.3) is 0 Å². The van der Waals surface area contributed by atoms with Gasteiger partial charge in [-0.3, -0.25) is 4.90 Å². The largest absolute Gasteiger partial charge is 0.504 e. The summed E-state index contributed by atoms with van der Waals surface area (Å²) in [5.74, 6) is 0.769. The lowest BCUT2D eigenvalue weighted by Gasteiger charge is -2.32. The Bertz CT molecular complexity index is 418. The molecule has 0 atom stereocenters. The Morgan fingerprint density at radius 3 is 2.70 bits per heavy atom. The fraction of sp³-hybridized carbons (Fsp3) is 0.600. The van der Waals surface area contributed by atoms with Crippen LogP contribution in [-0.2, 0) is 6.54 Å². The predicted octanol–water partition coefficient (Wildman–Crippen LogP) is 0.738. The Hall–Kier alpha value is -1.30. The van der Waals surface area contributed by atoms with Gasteiger partial charge in [0.05, 0.1) is 7.11 Å². The Morgan fingerprint density at radius 1 is 1.25 bits per heavy atom. The molecule has 5 nitrogen and oxygen atoms in total. The zero-order chi connectivity index (χ0) is 14.4. The van der Waals surface area contributed by atoms with Gasteiger partial charge in [0, 0.05) is 51.4 Å². The van der Waals surface area contributed by atoms with E-state index in [1.807, 2.05) is 12.1 Å². The maximum Gasteiger partial charge on any atom is 0.162 e. The Kier molecular flexibility index (Phi) is 5.64. The molecule has 1 aliphatic rings. The van der Waals surface area contributed by atoms with Gasteiger partial charge in [0.15, 0.2) is 11.5 Å². The molecule has 0 unspecified atom stereocenters. The molecule has 1 fully saturated rings. The zero-order valence-electron chi connectivity index (χ0n) is 12.4. The number of methoxy groups -OCH3 is 1. The summed E-state index contributed by atoms with van der Waals surface area (Å²) in [5.41, 5.74) is 0.878. The maximum absolute atomic E-state index is 9.99. The number of likely N-dealkylation sites (N-methyl/N-ethyl adjacent to an activating group) is 1. The summed E-state index contributed by atoms with van der Waals surface area (Å²) in [4.78, 5) is 4.83. The normalized spacial score (nSPS) is 17.3. The summed E-state index contributed by atoms with van der Waals surface area (Å²) in [6.07, 6.45) is 0. The minimum absolute atomic E-state index is 0.238. The van der Waals surface area contributed by atoms with E-state index >= 15 is 0 Å². The number of aromatic hydroxyl groups is 1. The van der Waals surface area contributed by atoms with Crippen LogP contribution < -0.4 is 10.1 Å². The fourth-order valence-corrected chi connectivity index (χ4v) is 2.41. The van der Waals surface area contributed by atoms with Crippen molar-refractivity contribution >= 4 is 0 Å². The van der Waals surface area contributed by atoms with Crippen molar-refractivity contribution in [2.75, 3.05) is 53.4 Å². The summed E-state index contributed by atoms with van der Waals surface area (Å²) >= 11 is 0. The zero-order valence-corrected chi connectivity index (χ0v) is 12.4. The van der Waals surface area contributed by atoms with Crippen molar-refractivity contribution < 1.29 is 9.84 Å². The Balaban J connectivity index is 1.71. The van der Waals surface area contributed by atoms with Crippen LogP contribution in [0.2, 0.25) is 0 Å². The van der Waals surface area contributed by atoms with Gasteiger partial charge in [-0.15, -0.1) is 0 Å². The van der Waals surface area contributed by atoms with E-state index in [0.29, 0.717) is 12.3 Å². The average molecular weight is 279 g/mol. The molecule has 1 aromatic carbocycles. The number of benzene rings is 1. The monoisotopic (exact) mass is 279 g/mol. The first-order valence-corrected chi connectivity index (χ1v) is 7.17. The van der Waals surface area contributed by atoms with E-state index in [0.717, 1.165) is 44.8 Å². The molecule has 0 aromatic heterocycles. The third kappa shape index (κ3) is 4.10. The quantitative estimate of drug-likeness (QED) is 0.752. The molecule has 0 bridgehead atoms. The minimum Gasteiger partial charge on any atom is -0.504 e. The Labute approximate surface area is 121 Å². The van der Waals surface area contributed by atoms with Crippen molar-refractivity contribution in [2.24, 2.45) is 0 Å². The second kappa shape index (κ2) is 7.47. The summed E-state index contributed by atoms with van der Waals surface area (Å²) in [6, 6.07) is 5.58. The topological polar surface area (TPSA) is 48.0 Å². The van der Waals surface area contributed by atoms with Gasteiger partial charge in [-0.2, -0.15) is 0 Å². The molecule has 1 saturated heterocycles. The van der Waals surface area contributed by atoms with E-state index in [2.05, 4.69) is 22.2 Å². The van der Waals surface area contributed by atoms with Crippen LogP contribution in [0.15, 0.2) is 18.2 Å². The van der Waals surface area contributed by atoms with Gasteiger partial charge in [0.1, 0.15) is 0 Å². The smallest absolute Gasteiger partial charge is 0.162 e. The second-order valence-corrected chi connectivity index (χ2v) is 5.29. The standard InChI is InChI=1S/C15H25N3O2/c1-17-8-10-18(11-9-17)7-6-16-12-13-4-3-5-14(20-2)15(13)19/h3-5,16,19H,6-12H2,1-2H3. The van der Waals surface area contributed by atoms with Crippen LogP contribution in [0.5, 0.6) is 11.5 Å². The maximum atomic E-state index is 9.99. The molecule has 5 heteroatoms. The number of phenolic OH excluding ortho intramolecular Hbond substituents is 1. The van der Waals surface area contributed by atoms with Crippen molar-refractivity contribution in [3.8, 4) is 11.5 Å². The van der Waals surface area contributed by atoms with E-state index < -0.39 is 0 Å². The molecule has 112 valence electrons. The van der Waals surface area contributed by atoms with Gasteiger partial charge in [0.2, 0.25) is 0 Å². The minimum atomic E-state index is 0.238. The first-order valence-electron chi connectivity index (χ1n) is 7.17. The average Bonchev–Trinajstić information content (AvgIpc) is 2.47. The van der Waals surface area contributed by atoms with E-state index in [1.54, 1.807) is 13.2 Å². The molecule has 2 rings (SSSR count). The molecule has 0 radical (unpaired) electrons. The summed E-state index contributed by atoms with van der Waals surface area (Å²) < 4.78 is 5.11. The van der Waals surface area contributed by atoms with Gasteiger partial charge in [-0.05, 0) is 13.1 Å². The molecular weight excluding hydrogens is 254 g/mol. The fourth-order valence-electron chi connectivity index (χ4n) is 2.41. The predicted molar refractivity (Wildman–Crippen MR) is 80.3 cm³/mol. The molecule has 0 spiro atoms. The molecule has 1 aliphatic heterocycles. The summed E-state index contributed by atoms with van der Waals surface area (Å²) in [7, 11) is 3.74. The highest BCUT2D eigenvalue weighted by Crippen LogP contribution is 2.28. The van der Waals surface area contributed by atoms with Crippen LogP contribution in [0.3, 0.4) is 0 Å². The number of phenols is 1. The van der Waals surface area contributed by atoms with Crippen molar-refractivity contribution in [2.45, 2.75) is 6.54 Å². The molecule has 0 amide bonds. The van der Waals surface area contributed by atoms with Crippen molar-refractivity contribution in [1.29, 1.82) is 0 Å². The Morgan fingerprint density at radius 2 is 2.00 bits per heavy atom. The lowest BCUT2D eigenvalue weighted by molar-refractivity contribution is 0.154. The SMILES string of the molecule is COc1cccc(CNCCN2CCN(C)CC2)c1O. The van der Waals surface area contributed by atoms with Crippen LogP contribution in [0.4, 0.5) is 0 Å². The third-order valence-corrected chi connectivity index (χ3v) is 3.82. The molecule has 1 aromatic rings. The van der Waals surface area contributed by atoms with E-state index in [9.17, 15) is 5.11 Å². The van der Waals surface area contributed by atoms with Crippen LogP contribution in [0, 0.1) is 0 Å². The number of piperazine rings is 1. The molecule has 1 heterocycles. The van der Waals surface area contributed by atoms with Crippen molar-refractivity contribution in [3.05, 3.63) is 23.8 Å². The van der Waals surface area contributed by atoms with Crippen LogP contribution >= 0.6 is 0 Å². The van der Waals surface area contributed by atoms with Gasteiger partial charge < -0.3 is 20.1 Å². The van der Waals surface area contributed by atoms with Crippen molar-refractivity contribution in [1.82, 2.24) is 15.1 Å². The number of nitrogens with one attached hydrogen (secondary N) is 1. The van der Waals surface area contributed by atoms with Gasteiger partial charge >= 0.3 is 0 Å². The first-order chi connectivity index (χ1) is 9.70. The number of nitrogens with zero attached hydrogens (tertiary/aromatic N) is 2. The lowest BCUT2D eigenvalue weighted by atomic mass is 10.2. The van der Waals surface area contributed by atoms with Crippen LogP contribution in [0.1, 0.15) is 5.56 Å². The second-order valence-electron chi connectivity index (χ2n) is 5.29. The molecule has 0 aliphatic carbocycles. The summed E-state index contributed by atoms with van der Waals surface area (Å²) in [5, 5.41) is 13.4. The van der Waals surface area contributed by atoms with Crippen LogP contribution in [-0.4, -0.2) is 68.3 Å². The van der Waals surface area contributed by atoms with Gasteiger partial charge in [-0.25, -0.2) is 0 Å². The molecule has 0 saturated carbocycles. The lowest BCUT2D eigenvalue weighted by Crippen LogP contribution is -2.46. The molecular formula is C15H25N3O2. The highest BCUT2D eigenvalue weighted by atomic mass is 16.5. The van der Waals surface area contributed by atoms with Crippen LogP contribution in [0.25, 0.3) is 0 Å². The van der Waals surface area contributed by atoms with Gasteiger partial charge in [-0.1, -0.05) is 12.1 Å².